The molecule has 80 valence electrons. The first-order valence-electron chi connectivity index (χ1n) is 4.42. The zero-order chi connectivity index (χ0) is 11.4. The highest BCUT2D eigenvalue weighted by atomic mass is 16.5. The third-order valence-corrected chi connectivity index (χ3v) is 1.93. The van der Waals surface area contributed by atoms with Crippen LogP contribution in [0.1, 0.15) is 18.2 Å². The molecule has 0 amide bonds. The van der Waals surface area contributed by atoms with Crippen LogP contribution in [0, 0.1) is 6.92 Å². The summed E-state index contributed by atoms with van der Waals surface area (Å²) in [6, 6.07) is 3.29. The van der Waals surface area contributed by atoms with Crippen molar-refractivity contribution < 1.29 is 13.9 Å². The molecule has 15 heavy (non-hydrogen) atoms. The van der Waals surface area contributed by atoms with Gasteiger partial charge in [0.1, 0.15) is 5.76 Å². The minimum atomic E-state index is -0.476. The SMILES string of the molecule is COC(=O)/C=C(\C)c1ccc(C)c(=O)o1. The van der Waals surface area contributed by atoms with E-state index in [1.165, 1.54) is 13.2 Å². The summed E-state index contributed by atoms with van der Waals surface area (Å²) in [6.07, 6.45) is 1.27. The standard InChI is InChI=1S/C11H12O4/c1-7-4-5-9(15-11(7)13)8(2)6-10(12)14-3/h4-6H,1-3H3/b8-6+. The minimum absolute atomic E-state index is 0.371. The van der Waals surface area contributed by atoms with Gasteiger partial charge in [-0.1, -0.05) is 0 Å². The van der Waals surface area contributed by atoms with Crippen molar-refractivity contribution >= 4 is 11.5 Å². The van der Waals surface area contributed by atoms with E-state index in [-0.39, 0.29) is 0 Å². The van der Waals surface area contributed by atoms with Crippen molar-refractivity contribution in [3.8, 4) is 0 Å². The maximum atomic E-state index is 11.2. The molecule has 0 bridgehead atoms. The van der Waals surface area contributed by atoms with Crippen LogP contribution in [0.15, 0.2) is 27.4 Å². The molecule has 1 heterocycles. The Kier molecular flexibility index (Phi) is 3.44. The summed E-state index contributed by atoms with van der Waals surface area (Å²) in [5, 5.41) is 0. The molecule has 0 aliphatic rings. The minimum Gasteiger partial charge on any atom is -0.466 e. The summed E-state index contributed by atoms with van der Waals surface area (Å²) in [5.41, 5.74) is 0.689. The Morgan fingerprint density at radius 3 is 2.67 bits per heavy atom. The zero-order valence-corrected chi connectivity index (χ0v) is 8.87. The van der Waals surface area contributed by atoms with Crippen LogP contribution in [-0.2, 0) is 9.53 Å². The van der Waals surface area contributed by atoms with Crippen LogP contribution in [0.4, 0.5) is 0 Å². The maximum absolute atomic E-state index is 11.2. The van der Waals surface area contributed by atoms with Crippen molar-refractivity contribution in [3.05, 3.63) is 40.0 Å². The molecule has 0 fully saturated rings. The number of aryl methyl sites for hydroxylation is 1. The van der Waals surface area contributed by atoms with Crippen molar-refractivity contribution in [2.75, 3.05) is 7.11 Å². The quantitative estimate of drug-likeness (QED) is 0.546. The molecule has 0 aromatic carbocycles. The predicted molar refractivity (Wildman–Crippen MR) is 55.4 cm³/mol. The van der Waals surface area contributed by atoms with Crippen molar-refractivity contribution in [1.29, 1.82) is 0 Å². The van der Waals surface area contributed by atoms with Gasteiger partial charge in [-0.25, -0.2) is 9.59 Å². The second-order valence-corrected chi connectivity index (χ2v) is 3.12. The highest BCUT2D eigenvalue weighted by Gasteiger charge is 2.04. The van der Waals surface area contributed by atoms with Gasteiger partial charge in [-0.3, -0.25) is 0 Å². The average molecular weight is 208 g/mol. The summed E-state index contributed by atoms with van der Waals surface area (Å²) in [7, 11) is 1.29. The van der Waals surface area contributed by atoms with Crippen LogP contribution in [0.2, 0.25) is 0 Å². The molecule has 0 aliphatic heterocycles. The molecule has 4 nitrogen and oxygen atoms in total. The Morgan fingerprint density at radius 1 is 1.47 bits per heavy atom. The largest absolute Gasteiger partial charge is 0.466 e. The van der Waals surface area contributed by atoms with Gasteiger partial charge in [0.15, 0.2) is 0 Å². The van der Waals surface area contributed by atoms with E-state index >= 15 is 0 Å². The number of methoxy groups -OCH3 is 1. The van der Waals surface area contributed by atoms with E-state index in [1.54, 1.807) is 26.0 Å². The van der Waals surface area contributed by atoms with E-state index in [2.05, 4.69) is 4.74 Å². The van der Waals surface area contributed by atoms with Gasteiger partial charge in [-0.15, -0.1) is 0 Å². The Balaban J connectivity index is 3.07. The lowest BCUT2D eigenvalue weighted by molar-refractivity contribution is -0.134. The smallest absolute Gasteiger partial charge is 0.339 e. The molecule has 0 saturated carbocycles. The lowest BCUT2D eigenvalue weighted by atomic mass is 10.2. The first kappa shape index (κ1) is 11.2. The summed E-state index contributed by atoms with van der Waals surface area (Å²) in [5.74, 6) is -0.105. The monoisotopic (exact) mass is 208 g/mol. The number of ether oxygens (including phenoxy) is 1. The topological polar surface area (TPSA) is 56.5 Å². The van der Waals surface area contributed by atoms with Crippen LogP contribution < -0.4 is 5.63 Å². The van der Waals surface area contributed by atoms with E-state index in [4.69, 9.17) is 4.42 Å². The molecule has 0 spiro atoms. The molecule has 0 saturated heterocycles. The average Bonchev–Trinajstić information content (AvgIpc) is 2.21. The molecule has 1 aromatic rings. The summed E-state index contributed by atoms with van der Waals surface area (Å²) in [6.45, 7) is 3.33. The Morgan fingerprint density at radius 2 is 2.13 bits per heavy atom. The van der Waals surface area contributed by atoms with Gasteiger partial charge < -0.3 is 9.15 Å². The van der Waals surface area contributed by atoms with Gasteiger partial charge in [0.05, 0.1) is 7.11 Å². The maximum Gasteiger partial charge on any atom is 0.339 e. The third-order valence-electron chi connectivity index (χ3n) is 1.93. The zero-order valence-electron chi connectivity index (χ0n) is 8.87. The number of allylic oxidation sites excluding steroid dienone is 1. The van der Waals surface area contributed by atoms with E-state index in [1.807, 2.05) is 0 Å². The fourth-order valence-corrected chi connectivity index (χ4v) is 1.00. The van der Waals surface area contributed by atoms with E-state index in [0.29, 0.717) is 16.9 Å². The lowest BCUT2D eigenvalue weighted by Gasteiger charge is -1.99. The Bertz CT molecular complexity index is 454. The van der Waals surface area contributed by atoms with Crippen LogP contribution >= 0.6 is 0 Å². The van der Waals surface area contributed by atoms with Gasteiger partial charge >= 0.3 is 11.6 Å². The highest BCUT2D eigenvalue weighted by Crippen LogP contribution is 2.11. The van der Waals surface area contributed by atoms with Crippen molar-refractivity contribution in [1.82, 2.24) is 0 Å². The van der Waals surface area contributed by atoms with Gasteiger partial charge in [0, 0.05) is 11.6 Å². The molecule has 4 heteroatoms. The second-order valence-electron chi connectivity index (χ2n) is 3.12. The second kappa shape index (κ2) is 4.59. The van der Waals surface area contributed by atoms with Gasteiger partial charge in [0.2, 0.25) is 0 Å². The molecule has 0 atom stereocenters. The number of carbonyl (C=O) groups is 1. The summed E-state index contributed by atoms with van der Waals surface area (Å²) < 4.78 is 9.44. The number of rotatable bonds is 2. The van der Waals surface area contributed by atoms with Crippen molar-refractivity contribution in [2.45, 2.75) is 13.8 Å². The van der Waals surface area contributed by atoms with E-state index in [9.17, 15) is 9.59 Å². The molecular weight excluding hydrogens is 196 g/mol. The molecule has 0 N–H and O–H groups in total. The van der Waals surface area contributed by atoms with Gasteiger partial charge in [-0.05, 0) is 31.6 Å². The lowest BCUT2D eigenvalue weighted by Crippen LogP contribution is -2.04. The van der Waals surface area contributed by atoms with Crippen LogP contribution in [0.25, 0.3) is 5.57 Å². The molecular formula is C11H12O4. The number of hydrogen-bond donors (Lipinski definition) is 0. The summed E-state index contributed by atoms with van der Waals surface area (Å²) in [4.78, 5) is 22.1. The third kappa shape index (κ3) is 2.80. The van der Waals surface area contributed by atoms with Crippen LogP contribution in [-0.4, -0.2) is 13.1 Å². The Labute approximate surface area is 87.2 Å². The fourth-order valence-electron chi connectivity index (χ4n) is 1.00. The molecule has 1 aromatic heterocycles. The molecule has 0 aliphatic carbocycles. The predicted octanol–water partition coefficient (Wildman–Crippen LogP) is 1.52. The first-order valence-corrected chi connectivity index (χ1v) is 4.42. The van der Waals surface area contributed by atoms with Crippen molar-refractivity contribution in [3.63, 3.8) is 0 Å². The number of hydrogen-bond acceptors (Lipinski definition) is 4. The van der Waals surface area contributed by atoms with Gasteiger partial charge in [-0.2, -0.15) is 0 Å². The highest BCUT2D eigenvalue weighted by molar-refractivity contribution is 5.89. The fraction of sp³-hybridized carbons (Fsp3) is 0.273. The van der Waals surface area contributed by atoms with Crippen LogP contribution in [0.5, 0.6) is 0 Å². The number of esters is 1. The number of carbonyl (C=O) groups excluding carboxylic acids is 1. The van der Waals surface area contributed by atoms with E-state index in [0.717, 1.165) is 0 Å². The summed E-state index contributed by atoms with van der Waals surface area (Å²) >= 11 is 0. The molecule has 0 radical (unpaired) electrons. The molecule has 0 unspecified atom stereocenters. The molecule has 1 rings (SSSR count). The van der Waals surface area contributed by atoms with Crippen molar-refractivity contribution in [2.24, 2.45) is 0 Å². The van der Waals surface area contributed by atoms with E-state index < -0.39 is 11.6 Å². The van der Waals surface area contributed by atoms with Gasteiger partial charge in [0.25, 0.3) is 0 Å². The Hall–Kier alpha value is -1.84. The van der Waals surface area contributed by atoms with Crippen LogP contribution in [0.3, 0.4) is 0 Å². The normalized spacial score (nSPS) is 11.3. The first-order chi connectivity index (χ1) is 7.04.